The molecule has 3 heterocycles. The summed E-state index contributed by atoms with van der Waals surface area (Å²) in [7, 11) is 2.12. The fraction of sp³-hybridized carbons (Fsp3) is 0.344. The molecule has 1 saturated carbocycles. The van der Waals surface area contributed by atoms with Crippen molar-refractivity contribution in [3.05, 3.63) is 84.3 Å². The topological polar surface area (TPSA) is 89.5 Å². The van der Waals surface area contributed by atoms with Gasteiger partial charge < -0.3 is 19.9 Å². The molecule has 2 aromatic carbocycles. The third-order valence-corrected chi connectivity index (χ3v) is 8.11. The molecule has 40 heavy (non-hydrogen) atoms. The summed E-state index contributed by atoms with van der Waals surface area (Å²) in [6, 6.07) is 19.0. The van der Waals surface area contributed by atoms with Gasteiger partial charge in [-0.25, -0.2) is 9.97 Å². The molecule has 8 nitrogen and oxygen atoms in total. The Labute approximate surface area is 235 Å². The lowest BCUT2D eigenvalue weighted by atomic mass is 10.0. The number of anilines is 1. The monoisotopic (exact) mass is 536 g/mol. The summed E-state index contributed by atoms with van der Waals surface area (Å²) in [5.41, 5.74) is 11.5. The molecular weight excluding hydrogens is 500 g/mol. The van der Waals surface area contributed by atoms with Crippen LogP contribution in [0.25, 0.3) is 22.2 Å². The molecule has 0 spiro atoms. The minimum Gasteiger partial charge on any atom is -0.489 e. The van der Waals surface area contributed by atoms with Crippen LogP contribution in [0, 0.1) is 6.92 Å². The summed E-state index contributed by atoms with van der Waals surface area (Å²) in [5.74, 6) is 1.39. The van der Waals surface area contributed by atoms with E-state index in [1.54, 1.807) is 6.08 Å². The highest BCUT2D eigenvalue weighted by molar-refractivity contribution is 6.02. The zero-order valence-corrected chi connectivity index (χ0v) is 23.2. The van der Waals surface area contributed by atoms with Crippen molar-refractivity contribution < 1.29 is 9.53 Å². The van der Waals surface area contributed by atoms with Crippen LogP contribution in [0.4, 0.5) is 5.82 Å². The second kappa shape index (κ2) is 11.1. The molecule has 8 heteroatoms. The summed E-state index contributed by atoms with van der Waals surface area (Å²) >= 11 is 0. The Kier molecular flexibility index (Phi) is 7.26. The number of fused-ring (bicyclic) bond motifs is 1. The van der Waals surface area contributed by atoms with Gasteiger partial charge in [0, 0.05) is 43.0 Å². The van der Waals surface area contributed by atoms with Crippen molar-refractivity contribution in [1.29, 1.82) is 0 Å². The van der Waals surface area contributed by atoms with Crippen molar-refractivity contribution in [3.63, 3.8) is 0 Å². The zero-order valence-electron chi connectivity index (χ0n) is 23.2. The number of carbonyl (C=O) groups is 1. The smallest absolute Gasteiger partial charge is 0.246 e. The lowest BCUT2D eigenvalue weighted by Gasteiger charge is -2.18. The average molecular weight is 537 g/mol. The van der Waals surface area contributed by atoms with Gasteiger partial charge in [-0.15, -0.1) is 0 Å². The first-order valence-electron chi connectivity index (χ1n) is 14.0. The van der Waals surface area contributed by atoms with Crippen LogP contribution in [0.2, 0.25) is 0 Å². The number of nitrogens with two attached hydrogens (primary N) is 1. The Morgan fingerprint density at radius 2 is 1.88 bits per heavy atom. The summed E-state index contributed by atoms with van der Waals surface area (Å²) < 4.78 is 8.17. The van der Waals surface area contributed by atoms with E-state index in [0.717, 1.165) is 58.7 Å². The molecule has 1 aliphatic carbocycles. The van der Waals surface area contributed by atoms with Crippen molar-refractivity contribution in [2.24, 2.45) is 0 Å². The minimum atomic E-state index is 0.0727. The van der Waals surface area contributed by atoms with E-state index in [0.29, 0.717) is 25.0 Å². The predicted molar refractivity (Wildman–Crippen MR) is 158 cm³/mol. The molecule has 0 bridgehead atoms. The Hall–Kier alpha value is -4.17. The molecule has 2 fully saturated rings. The molecule has 1 aliphatic heterocycles. The van der Waals surface area contributed by atoms with Crippen molar-refractivity contribution in [2.45, 2.75) is 44.9 Å². The molecule has 2 aliphatic rings. The number of likely N-dealkylation sites (N-methyl/N-ethyl adjacent to an activating group) is 1. The second-order valence-electron chi connectivity index (χ2n) is 10.9. The van der Waals surface area contributed by atoms with E-state index in [9.17, 15) is 4.79 Å². The lowest BCUT2D eigenvalue weighted by molar-refractivity contribution is -0.125. The number of nitrogen functional groups attached to an aromatic ring is 1. The molecule has 4 aromatic rings. The first-order chi connectivity index (χ1) is 19.5. The van der Waals surface area contributed by atoms with Crippen molar-refractivity contribution >= 4 is 22.8 Å². The van der Waals surface area contributed by atoms with Crippen LogP contribution in [0.3, 0.4) is 0 Å². The molecule has 206 valence electrons. The number of ether oxygens (including phenoxy) is 1. The van der Waals surface area contributed by atoms with Crippen LogP contribution < -0.4 is 10.5 Å². The molecule has 2 N–H and O–H groups in total. The van der Waals surface area contributed by atoms with Gasteiger partial charge in [0.2, 0.25) is 5.91 Å². The Morgan fingerprint density at radius 3 is 2.62 bits per heavy atom. The highest BCUT2D eigenvalue weighted by Gasteiger charge is 2.31. The average Bonchev–Trinajstić information content (AvgIpc) is 3.64. The van der Waals surface area contributed by atoms with Gasteiger partial charge in [0.1, 0.15) is 30.1 Å². The summed E-state index contributed by atoms with van der Waals surface area (Å²) in [4.78, 5) is 26.2. The number of nitrogens with zero attached hydrogens (tertiary/aromatic N) is 5. The number of likely N-dealkylation sites (tertiary alicyclic amines) is 1. The first-order valence-corrected chi connectivity index (χ1v) is 14.0. The Morgan fingerprint density at radius 1 is 1.10 bits per heavy atom. The predicted octanol–water partition coefficient (Wildman–Crippen LogP) is 4.99. The second-order valence-corrected chi connectivity index (χ2v) is 10.9. The quantitative estimate of drug-likeness (QED) is 0.303. The van der Waals surface area contributed by atoms with Crippen LogP contribution >= 0.6 is 0 Å². The van der Waals surface area contributed by atoms with E-state index >= 15 is 0 Å². The molecule has 1 amide bonds. The molecule has 2 aromatic heterocycles. The van der Waals surface area contributed by atoms with Gasteiger partial charge in [0.15, 0.2) is 0 Å². The Bertz CT molecular complexity index is 1520. The SMILES string of the molecule is Cc1c(-c2ccc(COc3ccccc3)cc2)c2c(N)ncnc2n1[C@@H]1CCN(C(=O)/C=C/CN(C)C2CC2)C1. The van der Waals surface area contributed by atoms with Crippen molar-refractivity contribution in [3.8, 4) is 16.9 Å². The molecule has 1 saturated heterocycles. The minimum absolute atomic E-state index is 0.0727. The molecule has 0 radical (unpaired) electrons. The number of amides is 1. The maximum Gasteiger partial charge on any atom is 0.246 e. The van der Waals surface area contributed by atoms with Gasteiger partial charge >= 0.3 is 0 Å². The van der Waals surface area contributed by atoms with E-state index < -0.39 is 0 Å². The number of benzene rings is 2. The van der Waals surface area contributed by atoms with Gasteiger partial charge in [-0.05, 0) is 56.5 Å². The molecular formula is C32H36N6O2. The van der Waals surface area contributed by atoms with Gasteiger partial charge in [-0.2, -0.15) is 0 Å². The highest BCUT2D eigenvalue weighted by Crippen LogP contribution is 2.40. The highest BCUT2D eigenvalue weighted by atomic mass is 16.5. The number of rotatable bonds is 9. The van der Waals surface area contributed by atoms with Crippen molar-refractivity contribution in [1.82, 2.24) is 24.3 Å². The first kappa shape index (κ1) is 26.1. The third-order valence-electron chi connectivity index (χ3n) is 8.11. The third kappa shape index (κ3) is 5.31. The molecule has 0 unspecified atom stereocenters. The summed E-state index contributed by atoms with van der Waals surface area (Å²) in [6.07, 6.45) is 8.64. The van der Waals surface area contributed by atoms with E-state index in [1.165, 1.54) is 19.2 Å². The number of aromatic nitrogens is 3. The number of hydrogen-bond donors (Lipinski definition) is 1. The van der Waals surface area contributed by atoms with E-state index in [2.05, 4.69) is 57.7 Å². The van der Waals surface area contributed by atoms with E-state index in [1.807, 2.05) is 41.3 Å². The van der Waals surface area contributed by atoms with Crippen LogP contribution in [0.1, 0.15) is 36.6 Å². The molecule has 6 rings (SSSR count). The largest absolute Gasteiger partial charge is 0.489 e. The van der Waals surface area contributed by atoms with Crippen LogP contribution in [-0.2, 0) is 11.4 Å². The maximum absolute atomic E-state index is 12.9. The lowest BCUT2D eigenvalue weighted by Crippen LogP contribution is -2.28. The van der Waals surface area contributed by atoms with Crippen LogP contribution in [0.5, 0.6) is 5.75 Å². The maximum atomic E-state index is 12.9. The molecule has 1 atom stereocenters. The normalized spacial score (nSPS) is 17.4. The summed E-state index contributed by atoms with van der Waals surface area (Å²) in [6.45, 7) is 4.78. The number of hydrogen-bond acceptors (Lipinski definition) is 6. The zero-order chi connectivity index (χ0) is 27.6. The van der Waals surface area contributed by atoms with E-state index in [4.69, 9.17) is 10.5 Å². The standard InChI is InChI=1S/C32H36N6O2/c1-22-29(24-12-10-23(11-13-24)20-40-27-7-4-3-5-8-27)30-31(33)34-21-35-32(30)38(22)26-16-18-37(19-26)28(39)9-6-17-36(2)25-14-15-25/h3-13,21,25-26H,14-20H2,1-2H3,(H2,33,34,35)/b9-6+/t26-/m1/s1. The van der Waals surface area contributed by atoms with Gasteiger partial charge in [-0.3, -0.25) is 9.69 Å². The van der Waals surface area contributed by atoms with E-state index in [-0.39, 0.29) is 11.9 Å². The fourth-order valence-electron chi connectivity index (χ4n) is 5.77. The van der Waals surface area contributed by atoms with Crippen molar-refractivity contribution in [2.75, 3.05) is 32.4 Å². The fourth-order valence-corrected chi connectivity index (χ4v) is 5.77. The number of para-hydroxylation sites is 1. The van der Waals surface area contributed by atoms with Gasteiger partial charge in [-0.1, -0.05) is 48.5 Å². The van der Waals surface area contributed by atoms with Gasteiger partial charge in [0.25, 0.3) is 0 Å². The van der Waals surface area contributed by atoms with Gasteiger partial charge in [0.05, 0.1) is 11.4 Å². The Balaban J connectivity index is 1.22. The van der Waals surface area contributed by atoms with Crippen LogP contribution in [0.15, 0.2) is 73.1 Å². The summed E-state index contributed by atoms with van der Waals surface area (Å²) in [5, 5.41) is 0.862. The number of carbonyl (C=O) groups excluding carboxylic acids is 1. The van der Waals surface area contributed by atoms with Crippen LogP contribution in [-0.4, -0.2) is 63.0 Å².